The van der Waals surface area contributed by atoms with Gasteiger partial charge in [-0.2, -0.15) is 0 Å². The first kappa shape index (κ1) is 15.3. The van der Waals surface area contributed by atoms with Crippen molar-refractivity contribution in [3.05, 3.63) is 70.8 Å². The van der Waals surface area contributed by atoms with Crippen LogP contribution in [0, 0.1) is 13.8 Å². The zero-order valence-electron chi connectivity index (χ0n) is 13.4. The van der Waals surface area contributed by atoms with Gasteiger partial charge in [-0.05, 0) is 30.5 Å². The minimum atomic E-state index is -0.477. The molecule has 2 aromatic carbocycles. The summed E-state index contributed by atoms with van der Waals surface area (Å²) in [5.41, 5.74) is 4.26. The van der Waals surface area contributed by atoms with E-state index in [0.29, 0.717) is 13.0 Å². The lowest BCUT2D eigenvalue weighted by atomic mass is 10.0. The molecule has 1 aliphatic rings. The van der Waals surface area contributed by atoms with Gasteiger partial charge in [0.25, 0.3) is 5.91 Å². The van der Waals surface area contributed by atoms with Gasteiger partial charge in [-0.1, -0.05) is 54.1 Å². The Labute approximate surface area is 136 Å². The molecule has 3 amide bonds. The normalized spacial score (nSPS) is 17.5. The first-order valence-electron chi connectivity index (χ1n) is 7.76. The van der Waals surface area contributed by atoms with Crippen molar-refractivity contribution in [1.82, 2.24) is 10.2 Å². The lowest BCUT2D eigenvalue weighted by molar-refractivity contribution is -0.127. The van der Waals surface area contributed by atoms with Crippen LogP contribution in [-0.4, -0.2) is 22.9 Å². The zero-order chi connectivity index (χ0) is 16.4. The first-order chi connectivity index (χ1) is 11.0. The van der Waals surface area contributed by atoms with E-state index in [-0.39, 0.29) is 11.9 Å². The van der Waals surface area contributed by atoms with Crippen molar-refractivity contribution in [2.75, 3.05) is 0 Å². The molecule has 0 aliphatic carbocycles. The van der Waals surface area contributed by atoms with Gasteiger partial charge >= 0.3 is 6.03 Å². The van der Waals surface area contributed by atoms with E-state index in [0.717, 1.165) is 22.3 Å². The van der Waals surface area contributed by atoms with E-state index in [9.17, 15) is 9.59 Å². The molecule has 1 saturated heterocycles. The van der Waals surface area contributed by atoms with Gasteiger partial charge < -0.3 is 5.32 Å². The summed E-state index contributed by atoms with van der Waals surface area (Å²) in [7, 11) is 0. The number of carbonyl (C=O) groups is 2. The number of rotatable bonds is 4. The fourth-order valence-electron chi connectivity index (χ4n) is 2.86. The maximum atomic E-state index is 12.6. The van der Waals surface area contributed by atoms with Gasteiger partial charge in [-0.15, -0.1) is 0 Å². The molecule has 0 aromatic heterocycles. The van der Waals surface area contributed by atoms with Crippen LogP contribution in [0.15, 0.2) is 48.5 Å². The van der Waals surface area contributed by atoms with Crippen molar-refractivity contribution in [2.45, 2.75) is 32.9 Å². The number of imide groups is 1. The van der Waals surface area contributed by atoms with Gasteiger partial charge in [0, 0.05) is 6.42 Å². The number of hydrogen-bond acceptors (Lipinski definition) is 2. The molecule has 1 fully saturated rings. The summed E-state index contributed by atoms with van der Waals surface area (Å²) < 4.78 is 0. The van der Waals surface area contributed by atoms with Crippen LogP contribution in [0.2, 0.25) is 0 Å². The average Bonchev–Trinajstić information content (AvgIpc) is 2.79. The molecular formula is C19H20N2O2. The summed E-state index contributed by atoms with van der Waals surface area (Å²) in [4.78, 5) is 26.1. The first-order valence-corrected chi connectivity index (χ1v) is 7.76. The van der Waals surface area contributed by atoms with Crippen molar-refractivity contribution < 1.29 is 9.59 Å². The third-order valence-corrected chi connectivity index (χ3v) is 4.22. The summed E-state index contributed by atoms with van der Waals surface area (Å²) in [6.45, 7) is 4.32. The van der Waals surface area contributed by atoms with Crippen molar-refractivity contribution in [3.63, 3.8) is 0 Å². The number of urea groups is 1. The van der Waals surface area contributed by atoms with Crippen molar-refractivity contribution in [2.24, 2.45) is 0 Å². The Balaban J connectivity index is 1.75. The minimum absolute atomic E-state index is 0.153. The highest BCUT2D eigenvalue weighted by Gasteiger charge is 2.37. The molecule has 0 saturated carbocycles. The van der Waals surface area contributed by atoms with Crippen LogP contribution in [-0.2, 0) is 17.8 Å². The highest BCUT2D eigenvalue weighted by molar-refractivity contribution is 6.04. The van der Waals surface area contributed by atoms with E-state index in [2.05, 4.69) is 5.32 Å². The van der Waals surface area contributed by atoms with Crippen LogP contribution in [0.4, 0.5) is 4.79 Å². The number of amides is 3. The number of nitrogens with one attached hydrogen (secondary N) is 1. The fraction of sp³-hybridized carbons (Fsp3) is 0.263. The quantitative estimate of drug-likeness (QED) is 0.883. The standard InChI is InChI=1S/C19H20N2O2/c1-13-8-9-14(2)16(10-13)12-21-18(22)17(20-19(21)23)11-15-6-4-3-5-7-15/h3-10,17H,11-12H2,1-2H3,(H,20,23). The second-order valence-electron chi connectivity index (χ2n) is 6.05. The SMILES string of the molecule is Cc1ccc(C)c(CN2C(=O)NC(Cc3ccccc3)C2=O)c1. The lowest BCUT2D eigenvalue weighted by Gasteiger charge is -2.15. The molecule has 4 nitrogen and oxygen atoms in total. The summed E-state index contributed by atoms with van der Waals surface area (Å²) in [5, 5.41) is 2.79. The third kappa shape index (κ3) is 3.26. The molecule has 118 valence electrons. The van der Waals surface area contributed by atoms with Crippen LogP contribution in [0.25, 0.3) is 0 Å². The molecule has 2 aromatic rings. The van der Waals surface area contributed by atoms with E-state index in [1.165, 1.54) is 4.90 Å². The number of aryl methyl sites for hydroxylation is 2. The molecule has 1 atom stereocenters. The Morgan fingerprint density at radius 3 is 2.52 bits per heavy atom. The van der Waals surface area contributed by atoms with Crippen LogP contribution in [0.1, 0.15) is 22.3 Å². The van der Waals surface area contributed by atoms with Crippen molar-refractivity contribution in [3.8, 4) is 0 Å². The highest BCUT2D eigenvalue weighted by atomic mass is 16.2. The Kier molecular flexibility index (Phi) is 4.15. The molecule has 0 spiro atoms. The second kappa shape index (κ2) is 6.24. The molecular weight excluding hydrogens is 288 g/mol. The largest absolute Gasteiger partial charge is 0.325 e. The molecule has 1 unspecified atom stereocenters. The molecule has 1 heterocycles. The predicted molar refractivity (Wildman–Crippen MR) is 88.9 cm³/mol. The van der Waals surface area contributed by atoms with Gasteiger partial charge in [0.2, 0.25) is 0 Å². The van der Waals surface area contributed by atoms with E-state index in [1.54, 1.807) is 0 Å². The van der Waals surface area contributed by atoms with Crippen LogP contribution >= 0.6 is 0 Å². The summed E-state index contributed by atoms with van der Waals surface area (Å²) in [6.07, 6.45) is 0.523. The molecule has 1 aliphatic heterocycles. The summed E-state index contributed by atoms with van der Waals surface area (Å²) >= 11 is 0. The number of hydrogen-bond donors (Lipinski definition) is 1. The third-order valence-electron chi connectivity index (χ3n) is 4.22. The molecule has 3 rings (SSSR count). The minimum Gasteiger partial charge on any atom is -0.325 e. The predicted octanol–water partition coefficient (Wildman–Crippen LogP) is 2.97. The van der Waals surface area contributed by atoms with E-state index in [4.69, 9.17) is 0 Å². The maximum Gasteiger partial charge on any atom is 0.325 e. The average molecular weight is 308 g/mol. The van der Waals surface area contributed by atoms with E-state index >= 15 is 0 Å². The Hall–Kier alpha value is -2.62. The summed E-state index contributed by atoms with van der Waals surface area (Å²) in [5.74, 6) is -0.153. The van der Waals surface area contributed by atoms with Gasteiger partial charge in [0.15, 0.2) is 0 Å². The Morgan fingerprint density at radius 2 is 1.78 bits per heavy atom. The number of carbonyl (C=O) groups excluding carboxylic acids is 2. The van der Waals surface area contributed by atoms with Crippen molar-refractivity contribution in [1.29, 1.82) is 0 Å². The zero-order valence-corrected chi connectivity index (χ0v) is 13.4. The van der Waals surface area contributed by atoms with Gasteiger partial charge in [-0.3, -0.25) is 9.69 Å². The highest BCUT2D eigenvalue weighted by Crippen LogP contribution is 2.18. The Bertz CT molecular complexity index is 740. The van der Waals surface area contributed by atoms with Crippen LogP contribution in [0.3, 0.4) is 0 Å². The van der Waals surface area contributed by atoms with E-state index in [1.807, 2.05) is 62.4 Å². The molecule has 0 bridgehead atoms. The molecule has 23 heavy (non-hydrogen) atoms. The summed E-state index contributed by atoms with van der Waals surface area (Å²) in [6, 6.07) is 15.0. The van der Waals surface area contributed by atoms with Crippen LogP contribution in [0.5, 0.6) is 0 Å². The monoisotopic (exact) mass is 308 g/mol. The Morgan fingerprint density at radius 1 is 1.04 bits per heavy atom. The molecule has 4 heteroatoms. The van der Waals surface area contributed by atoms with Crippen LogP contribution < -0.4 is 5.32 Å². The second-order valence-corrected chi connectivity index (χ2v) is 6.05. The van der Waals surface area contributed by atoms with Crippen molar-refractivity contribution >= 4 is 11.9 Å². The number of benzene rings is 2. The van der Waals surface area contributed by atoms with E-state index < -0.39 is 6.04 Å². The number of nitrogens with zero attached hydrogens (tertiary/aromatic N) is 1. The fourth-order valence-corrected chi connectivity index (χ4v) is 2.86. The van der Waals surface area contributed by atoms with Gasteiger partial charge in [0.05, 0.1) is 6.54 Å². The molecule has 1 N–H and O–H groups in total. The van der Waals surface area contributed by atoms with Gasteiger partial charge in [0.1, 0.15) is 6.04 Å². The molecule has 0 radical (unpaired) electrons. The smallest absolute Gasteiger partial charge is 0.325 e. The topological polar surface area (TPSA) is 49.4 Å². The van der Waals surface area contributed by atoms with Gasteiger partial charge in [-0.25, -0.2) is 4.79 Å². The lowest BCUT2D eigenvalue weighted by Crippen LogP contribution is -2.32. The maximum absolute atomic E-state index is 12.6.